The van der Waals surface area contributed by atoms with E-state index in [1.54, 1.807) is 28.8 Å². The first-order valence-electron chi connectivity index (χ1n) is 6.59. The number of rotatable bonds is 3. The fraction of sp³-hybridized carbons (Fsp3) is 0.133. The summed E-state index contributed by atoms with van der Waals surface area (Å²) in [4.78, 5) is 29.2. The number of amides is 2. The molecule has 0 unspecified atom stereocenters. The molecule has 1 aliphatic rings. The number of hydrogen-bond donors (Lipinski definition) is 2. The lowest BCUT2D eigenvalue weighted by atomic mass is 10.1. The summed E-state index contributed by atoms with van der Waals surface area (Å²) in [5, 5.41) is 8.73. The van der Waals surface area contributed by atoms with E-state index in [1.807, 2.05) is 12.1 Å². The number of aromatic nitrogens is 1. The largest absolute Gasteiger partial charge is 0.482 e. The fourth-order valence-corrected chi connectivity index (χ4v) is 2.25. The van der Waals surface area contributed by atoms with Crippen molar-refractivity contribution >= 4 is 17.5 Å². The number of pyridine rings is 1. The molecule has 0 fully saturated rings. The Hall–Kier alpha value is -2.93. The highest BCUT2D eigenvalue weighted by molar-refractivity contribution is 6.00. The molecule has 2 heterocycles. The Morgan fingerprint density at radius 3 is 2.82 bits per heavy atom. The Balaban J connectivity index is 1.98. The average Bonchev–Trinajstić information content (AvgIpc) is 2.57. The molecule has 3 rings (SSSR count). The van der Waals surface area contributed by atoms with E-state index < -0.39 is 5.91 Å². The van der Waals surface area contributed by atoms with E-state index in [1.165, 1.54) is 12.1 Å². The van der Waals surface area contributed by atoms with Crippen LogP contribution in [0.5, 0.6) is 5.75 Å². The Morgan fingerprint density at radius 1 is 1.32 bits per heavy atom. The van der Waals surface area contributed by atoms with Gasteiger partial charge in [-0.1, -0.05) is 0 Å². The van der Waals surface area contributed by atoms with Gasteiger partial charge in [0.15, 0.2) is 6.61 Å². The van der Waals surface area contributed by atoms with Crippen molar-refractivity contribution in [2.24, 2.45) is 0 Å². The smallest absolute Gasteiger partial charge is 0.274 e. The number of benzene rings is 1. The predicted molar refractivity (Wildman–Crippen MR) is 76.6 cm³/mol. The molecule has 2 aromatic rings. The van der Waals surface area contributed by atoms with Gasteiger partial charge in [-0.15, -0.1) is 0 Å². The molecule has 0 radical (unpaired) electrons. The highest BCUT2D eigenvalue weighted by Gasteiger charge is 2.26. The van der Waals surface area contributed by atoms with Crippen LogP contribution >= 0.6 is 0 Å². The number of fused-ring (bicyclic) bond motifs is 1. The number of carbonyl (C=O) groups is 2. The van der Waals surface area contributed by atoms with Crippen LogP contribution in [-0.2, 0) is 11.3 Å². The molecule has 7 heteroatoms. The number of hydroxylamine groups is 1. The molecule has 0 aliphatic carbocycles. The van der Waals surface area contributed by atoms with Gasteiger partial charge in [-0.2, -0.15) is 0 Å². The van der Waals surface area contributed by atoms with Crippen molar-refractivity contribution in [3.05, 3.63) is 53.9 Å². The normalized spacial score (nSPS) is 13.3. The van der Waals surface area contributed by atoms with Gasteiger partial charge in [0.1, 0.15) is 5.75 Å². The summed E-state index contributed by atoms with van der Waals surface area (Å²) in [6.07, 6.45) is 3.30. The van der Waals surface area contributed by atoms with E-state index in [-0.39, 0.29) is 18.1 Å². The Morgan fingerprint density at radius 2 is 2.09 bits per heavy atom. The first kappa shape index (κ1) is 14.0. The third kappa shape index (κ3) is 2.61. The number of hydrogen-bond acceptors (Lipinski definition) is 5. The van der Waals surface area contributed by atoms with E-state index >= 15 is 0 Å². The molecule has 2 amide bonds. The number of anilines is 1. The number of carbonyl (C=O) groups excluding carboxylic acids is 2. The standard InChI is InChI=1S/C15H13N3O4/c19-14-9-22-13-2-1-11(15(20)17-21)7-12(13)18(14)8-10-3-5-16-6-4-10/h1-7,21H,8-9H2,(H,17,20). The van der Waals surface area contributed by atoms with Gasteiger partial charge in [-0.05, 0) is 35.9 Å². The molecule has 0 spiro atoms. The zero-order chi connectivity index (χ0) is 15.5. The van der Waals surface area contributed by atoms with Gasteiger partial charge in [0.2, 0.25) is 0 Å². The van der Waals surface area contributed by atoms with Crippen molar-refractivity contribution in [3.63, 3.8) is 0 Å². The van der Waals surface area contributed by atoms with Crippen molar-refractivity contribution in [2.75, 3.05) is 11.5 Å². The maximum Gasteiger partial charge on any atom is 0.274 e. The Bertz CT molecular complexity index is 718. The van der Waals surface area contributed by atoms with Crippen LogP contribution in [0.3, 0.4) is 0 Å². The van der Waals surface area contributed by atoms with Crippen LogP contribution in [0.1, 0.15) is 15.9 Å². The third-order valence-corrected chi connectivity index (χ3v) is 3.36. The Kier molecular flexibility index (Phi) is 3.71. The van der Waals surface area contributed by atoms with Gasteiger partial charge in [-0.3, -0.25) is 19.8 Å². The van der Waals surface area contributed by atoms with Crippen molar-refractivity contribution in [2.45, 2.75) is 6.54 Å². The summed E-state index contributed by atoms with van der Waals surface area (Å²) in [5.41, 5.74) is 3.21. The van der Waals surface area contributed by atoms with E-state index in [9.17, 15) is 9.59 Å². The van der Waals surface area contributed by atoms with Gasteiger partial charge in [0.25, 0.3) is 11.8 Å². The van der Waals surface area contributed by atoms with Gasteiger partial charge in [-0.25, -0.2) is 5.48 Å². The van der Waals surface area contributed by atoms with Crippen LogP contribution in [0.2, 0.25) is 0 Å². The van der Waals surface area contributed by atoms with Gasteiger partial charge < -0.3 is 9.64 Å². The molecular formula is C15H13N3O4. The van der Waals surface area contributed by atoms with Crippen LogP contribution in [0.15, 0.2) is 42.7 Å². The summed E-state index contributed by atoms with van der Waals surface area (Å²) in [6.45, 7) is 0.297. The molecule has 0 saturated heterocycles. The third-order valence-electron chi connectivity index (χ3n) is 3.36. The topological polar surface area (TPSA) is 91.8 Å². The second-order valence-electron chi connectivity index (χ2n) is 4.75. The van der Waals surface area contributed by atoms with E-state index in [4.69, 9.17) is 9.94 Å². The molecule has 0 saturated carbocycles. The molecule has 0 atom stereocenters. The maximum atomic E-state index is 12.1. The lowest BCUT2D eigenvalue weighted by Gasteiger charge is -2.29. The number of ether oxygens (including phenoxy) is 1. The van der Waals surface area contributed by atoms with Crippen LogP contribution in [-0.4, -0.2) is 28.6 Å². The first-order chi connectivity index (χ1) is 10.7. The van der Waals surface area contributed by atoms with Gasteiger partial charge in [0.05, 0.1) is 12.2 Å². The predicted octanol–water partition coefficient (Wildman–Crippen LogP) is 1.13. The molecule has 1 aromatic heterocycles. The van der Waals surface area contributed by atoms with Crippen molar-refractivity contribution in [3.8, 4) is 5.75 Å². The molecule has 7 nitrogen and oxygen atoms in total. The fourth-order valence-electron chi connectivity index (χ4n) is 2.25. The van der Waals surface area contributed by atoms with Crippen molar-refractivity contribution < 1.29 is 19.5 Å². The summed E-state index contributed by atoms with van der Waals surface area (Å²) in [6, 6.07) is 8.26. The van der Waals surface area contributed by atoms with Crippen LogP contribution in [0.25, 0.3) is 0 Å². The van der Waals surface area contributed by atoms with Crippen molar-refractivity contribution in [1.82, 2.24) is 10.5 Å². The summed E-state index contributed by atoms with van der Waals surface area (Å²) < 4.78 is 5.37. The van der Waals surface area contributed by atoms with Crippen molar-refractivity contribution in [1.29, 1.82) is 0 Å². The van der Waals surface area contributed by atoms with Gasteiger partial charge in [0, 0.05) is 18.0 Å². The zero-order valence-corrected chi connectivity index (χ0v) is 11.5. The quantitative estimate of drug-likeness (QED) is 0.654. The highest BCUT2D eigenvalue weighted by Crippen LogP contribution is 2.34. The lowest BCUT2D eigenvalue weighted by molar-refractivity contribution is -0.121. The molecule has 1 aliphatic heterocycles. The van der Waals surface area contributed by atoms with Crippen LogP contribution in [0.4, 0.5) is 5.69 Å². The van der Waals surface area contributed by atoms with Gasteiger partial charge >= 0.3 is 0 Å². The maximum absolute atomic E-state index is 12.1. The molecule has 112 valence electrons. The second kappa shape index (κ2) is 5.82. The molecule has 2 N–H and O–H groups in total. The first-order valence-corrected chi connectivity index (χ1v) is 6.59. The Labute approximate surface area is 126 Å². The molecule has 22 heavy (non-hydrogen) atoms. The number of nitrogens with one attached hydrogen (secondary N) is 1. The number of nitrogens with zero attached hydrogens (tertiary/aromatic N) is 2. The second-order valence-corrected chi connectivity index (χ2v) is 4.75. The summed E-state index contributed by atoms with van der Waals surface area (Å²) >= 11 is 0. The molecule has 1 aromatic carbocycles. The SMILES string of the molecule is O=C(NO)c1ccc2c(c1)N(Cc1ccncc1)C(=O)CO2. The minimum absolute atomic E-state index is 0.0520. The van der Waals surface area contributed by atoms with E-state index in [0.29, 0.717) is 18.0 Å². The highest BCUT2D eigenvalue weighted by atomic mass is 16.5. The van der Waals surface area contributed by atoms with Crippen LogP contribution < -0.4 is 15.1 Å². The molecule has 0 bridgehead atoms. The van der Waals surface area contributed by atoms with E-state index in [0.717, 1.165) is 5.56 Å². The minimum atomic E-state index is -0.648. The minimum Gasteiger partial charge on any atom is -0.482 e. The van der Waals surface area contributed by atoms with Crippen LogP contribution in [0, 0.1) is 0 Å². The summed E-state index contributed by atoms with van der Waals surface area (Å²) in [7, 11) is 0. The average molecular weight is 299 g/mol. The summed E-state index contributed by atoms with van der Waals surface area (Å²) in [5.74, 6) is -0.335. The van der Waals surface area contributed by atoms with E-state index in [2.05, 4.69) is 4.98 Å². The zero-order valence-electron chi connectivity index (χ0n) is 11.5. The molecular weight excluding hydrogens is 286 g/mol. The lowest BCUT2D eigenvalue weighted by Crippen LogP contribution is -2.38. The monoisotopic (exact) mass is 299 g/mol.